The number of rotatable bonds is 5. The molecular formula is C18H23N4O. The molecule has 2 aromatic rings. The SMILES string of the molecule is C[CH]CC(=N)C1CCC(O)(c2ccc(-n3ccnc3)nc2)CC1. The van der Waals surface area contributed by atoms with Crippen LogP contribution in [0.5, 0.6) is 0 Å². The predicted molar refractivity (Wildman–Crippen MR) is 89.5 cm³/mol. The molecule has 23 heavy (non-hydrogen) atoms. The Morgan fingerprint density at radius 1 is 1.43 bits per heavy atom. The highest BCUT2D eigenvalue weighted by Gasteiger charge is 2.36. The molecule has 1 aliphatic rings. The average Bonchev–Trinajstić information content (AvgIpc) is 3.10. The van der Waals surface area contributed by atoms with Crippen molar-refractivity contribution in [3.8, 4) is 5.82 Å². The lowest BCUT2D eigenvalue weighted by atomic mass is 9.73. The van der Waals surface area contributed by atoms with Gasteiger partial charge in [-0.25, -0.2) is 9.97 Å². The molecule has 1 aliphatic carbocycles. The van der Waals surface area contributed by atoms with Crippen LogP contribution in [0.3, 0.4) is 0 Å². The summed E-state index contributed by atoms with van der Waals surface area (Å²) in [6.07, 6.45) is 12.9. The van der Waals surface area contributed by atoms with Gasteiger partial charge in [0.05, 0.1) is 5.60 Å². The van der Waals surface area contributed by atoms with Gasteiger partial charge in [-0.05, 0) is 50.5 Å². The highest BCUT2D eigenvalue weighted by molar-refractivity contribution is 5.84. The lowest BCUT2D eigenvalue weighted by molar-refractivity contribution is -0.00741. The Labute approximate surface area is 136 Å². The van der Waals surface area contributed by atoms with Crippen LogP contribution >= 0.6 is 0 Å². The fourth-order valence-electron chi connectivity index (χ4n) is 3.33. The standard InChI is InChI=1S/C18H23N4O/c1-2-3-16(19)14-6-8-18(23,9-7-14)15-4-5-17(21-12-15)22-11-10-20-13-22/h2,4-5,10-14,19,23H,3,6-9H2,1H3. The van der Waals surface area contributed by atoms with E-state index in [9.17, 15) is 5.11 Å². The highest BCUT2D eigenvalue weighted by atomic mass is 16.3. The highest BCUT2D eigenvalue weighted by Crippen LogP contribution is 2.40. The molecule has 1 saturated carbocycles. The number of pyridine rings is 1. The fraction of sp³-hybridized carbons (Fsp3) is 0.444. The summed E-state index contributed by atoms with van der Waals surface area (Å²) in [5, 5.41) is 19.0. The second-order valence-corrected chi connectivity index (χ2v) is 6.32. The quantitative estimate of drug-likeness (QED) is 0.832. The van der Waals surface area contributed by atoms with Crippen molar-refractivity contribution in [1.29, 1.82) is 5.41 Å². The molecule has 0 bridgehead atoms. The first kappa shape index (κ1) is 15.9. The molecule has 0 unspecified atom stereocenters. The van der Waals surface area contributed by atoms with Crippen LogP contribution in [0.15, 0.2) is 37.1 Å². The van der Waals surface area contributed by atoms with Crippen LogP contribution in [0.1, 0.15) is 44.6 Å². The molecular weight excluding hydrogens is 288 g/mol. The molecule has 1 fully saturated rings. The van der Waals surface area contributed by atoms with Gasteiger partial charge >= 0.3 is 0 Å². The zero-order valence-electron chi connectivity index (χ0n) is 13.4. The average molecular weight is 311 g/mol. The first-order valence-corrected chi connectivity index (χ1v) is 8.15. The number of hydrogen-bond acceptors (Lipinski definition) is 4. The Bertz CT molecular complexity index is 640. The molecule has 0 saturated heterocycles. The summed E-state index contributed by atoms with van der Waals surface area (Å²) in [5.41, 5.74) is 0.851. The van der Waals surface area contributed by atoms with Gasteiger partial charge in [0.1, 0.15) is 12.1 Å². The van der Waals surface area contributed by atoms with Crippen LogP contribution in [0.2, 0.25) is 0 Å². The van der Waals surface area contributed by atoms with Gasteiger partial charge < -0.3 is 10.5 Å². The Morgan fingerprint density at radius 2 is 2.22 bits per heavy atom. The summed E-state index contributed by atoms with van der Waals surface area (Å²) in [4.78, 5) is 8.46. The number of hydrogen-bond donors (Lipinski definition) is 2. The molecule has 2 N–H and O–H groups in total. The van der Waals surface area contributed by atoms with Gasteiger partial charge in [0.25, 0.3) is 0 Å². The van der Waals surface area contributed by atoms with E-state index in [0.717, 1.165) is 36.4 Å². The van der Waals surface area contributed by atoms with Crippen molar-refractivity contribution in [2.24, 2.45) is 5.92 Å². The van der Waals surface area contributed by atoms with Crippen LogP contribution < -0.4 is 0 Å². The maximum Gasteiger partial charge on any atom is 0.137 e. The minimum Gasteiger partial charge on any atom is -0.385 e. The largest absolute Gasteiger partial charge is 0.385 e. The number of nitrogens with zero attached hydrogens (tertiary/aromatic N) is 3. The second-order valence-electron chi connectivity index (χ2n) is 6.32. The van der Waals surface area contributed by atoms with Crippen LogP contribution in [0.4, 0.5) is 0 Å². The van der Waals surface area contributed by atoms with Gasteiger partial charge in [-0.15, -0.1) is 0 Å². The second kappa shape index (κ2) is 6.62. The summed E-state index contributed by atoms with van der Waals surface area (Å²) >= 11 is 0. The maximum absolute atomic E-state index is 11.0. The molecule has 0 spiro atoms. The van der Waals surface area contributed by atoms with Crippen LogP contribution in [0, 0.1) is 17.7 Å². The number of aliphatic hydroxyl groups is 1. The third-order valence-corrected chi connectivity index (χ3v) is 4.78. The van der Waals surface area contributed by atoms with Crippen molar-refractivity contribution >= 4 is 5.71 Å². The van der Waals surface area contributed by atoms with Crippen molar-refractivity contribution in [3.63, 3.8) is 0 Å². The number of aromatic nitrogens is 3. The van der Waals surface area contributed by atoms with Crippen molar-refractivity contribution in [2.45, 2.75) is 44.6 Å². The van der Waals surface area contributed by atoms with Gasteiger partial charge in [-0.1, -0.05) is 13.0 Å². The predicted octanol–water partition coefficient (Wildman–Crippen LogP) is 3.28. The smallest absolute Gasteiger partial charge is 0.137 e. The van der Waals surface area contributed by atoms with Crippen molar-refractivity contribution < 1.29 is 5.11 Å². The van der Waals surface area contributed by atoms with Gasteiger partial charge in [0.15, 0.2) is 0 Å². The van der Waals surface area contributed by atoms with Gasteiger partial charge in [0, 0.05) is 29.9 Å². The van der Waals surface area contributed by atoms with E-state index in [4.69, 9.17) is 5.41 Å². The molecule has 1 radical (unpaired) electrons. The van der Waals surface area contributed by atoms with E-state index < -0.39 is 5.60 Å². The van der Waals surface area contributed by atoms with E-state index in [1.54, 1.807) is 18.7 Å². The zero-order valence-corrected chi connectivity index (χ0v) is 13.4. The van der Waals surface area contributed by atoms with E-state index in [-0.39, 0.29) is 0 Å². The molecule has 2 aromatic heterocycles. The number of imidazole rings is 1. The third kappa shape index (κ3) is 3.34. The molecule has 5 nitrogen and oxygen atoms in total. The lowest BCUT2D eigenvalue weighted by Gasteiger charge is -2.36. The van der Waals surface area contributed by atoms with Crippen molar-refractivity contribution in [2.75, 3.05) is 0 Å². The summed E-state index contributed by atoms with van der Waals surface area (Å²) < 4.78 is 1.84. The van der Waals surface area contributed by atoms with Crippen LogP contribution in [-0.4, -0.2) is 25.4 Å². The topological polar surface area (TPSA) is 74.8 Å². The molecule has 5 heteroatoms. The van der Waals surface area contributed by atoms with E-state index in [2.05, 4.69) is 9.97 Å². The van der Waals surface area contributed by atoms with E-state index >= 15 is 0 Å². The van der Waals surface area contributed by atoms with Crippen molar-refractivity contribution in [3.05, 3.63) is 49.0 Å². The number of nitrogens with one attached hydrogen (secondary N) is 1. The minimum atomic E-state index is -0.812. The molecule has 2 heterocycles. The Kier molecular flexibility index (Phi) is 4.57. The normalized spacial score (nSPS) is 24.5. The molecule has 0 aromatic carbocycles. The van der Waals surface area contributed by atoms with E-state index in [1.807, 2.05) is 36.2 Å². The van der Waals surface area contributed by atoms with E-state index in [0.29, 0.717) is 18.8 Å². The molecule has 0 aliphatic heterocycles. The monoisotopic (exact) mass is 311 g/mol. The molecule has 0 amide bonds. The summed E-state index contributed by atoms with van der Waals surface area (Å²) in [7, 11) is 0. The molecule has 121 valence electrons. The lowest BCUT2D eigenvalue weighted by Crippen LogP contribution is -2.33. The van der Waals surface area contributed by atoms with Gasteiger partial charge in [-0.2, -0.15) is 0 Å². The van der Waals surface area contributed by atoms with Crippen LogP contribution in [-0.2, 0) is 5.60 Å². The summed E-state index contributed by atoms with van der Waals surface area (Å²) in [6.45, 7) is 1.99. The molecule has 0 atom stereocenters. The van der Waals surface area contributed by atoms with Gasteiger partial charge in [0.2, 0.25) is 0 Å². The molecule has 3 rings (SSSR count). The Balaban J connectivity index is 1.68. The minimum absolute atomic E-state index is 0.310. The van der Waals surface area contributed by atoms with Crippen LogP contribution in [0.25, 0.3) is 5.82 Å². The zero-order chi connectivity index (χ0) is 16.3. The maximum atomic E-state index is 11.0. The summed E-state index contributed by atoms with van der Waals surface area (Å²) in [5.74, 6) is 1.11. The van der Waals surface area contributed by atoms with Gasteiger partial charge in [-0.3, -0.25) is 4.57 Å². The first-order chi connectivity index (χ1) is 11.1. The Morgan fingerprint density at radius 3 is 2.78 bits per heavy atom. The van der Waals surface area contributed by atoms with Crippen molar-refractivity contribution in [1.82, 2.24) is 14.5 Å². The summed E-state index contributed by atoms with van der Waals surface area (Å²) in [6, 6.07) is 3.86. The third-order valence-electron chi connectivity index (χ3n) is 4.78. The fourth-order valence-corrected chi connectivity index (χ4v) is 3.33. The Hall–Kier alpha value is -2.01. The van der Waals surface area contributed by atoms with E-state index in [1.165, 1.54) is 0 Å². The first-order valence-electron chi connectivity index (χ1n) is 8.15.